The van der Waals surface area contributed by atoms with Gasteiger partial charge in [0.25, 0.3) is 0 Å². The highest BCUT2D eigenvalue weighted by molar-refractivity contribution is 7.60. The summed E-state index contributed by atoms with van der Waals surface area (Å²) in [6.07, 6.45) is 32.9. The van der Waals surface area contributed by atoms with Crippen LogP contribution in [0.2, 0.25) is 0 Å². The fourth-order valence-corrected chi connectivity index (χ4v) is 6.54. The van der Waals surface area contributed by atoms with E-state index in [0.29, 0.717) is 0 Å². The Morgan fingerprint density at radius 2 is 0.673 bits per heavy atom. The Labute approximate surface area is 299 Å². The number of hydrogen-bond acceptors (Lipinski definition) is 4. The average molecular weight is 723 g/mol. The summed E-state index contributed by atoms with van der Waals surface area (Å²) in [5.41, 5.74) is 11.0. The van der Waals surface area contributed by atoms with Gasteiger partial charge in [-0.2, -0.15) is 4.31 Å². The second-order valence-corrected chi connectivity index (χ2v) is 16.6. The van der Waals surface area contributed by atoms with Gasteiger partial charge in [0.15, 0.2) is 0 Å². The molecule has 1 atom stereocenters. The molecule has 280 valence electrons. The van der Waals surface area contributed by atoms with E-state index >= 15 is 0 Å². The molecule has 0 bridgehead atoms. The van der Waals surface area contributed by atoms with E-state index in [1.807, 2.05) is 6.92 Å². The summed E-state index contributed by atoms with van der Waals surface area (Å²) in [7, 11) is -9.90. The molecule has 0 aromatic carbocycles. The van der Waals surface area contributed by atoms with Gasteiger partial charge in [-0.1, -0.05) is 93.2 Å². The summed E-state index contributed by atoms with van der Waals surface area (Å²) < 4.78 is 30.5. The first-order valence-electron chi connectivity index (χ1n) is 17.9. The highest BCUT2D eigenvalue weighted by Gasteiger charge is 2.31. The standard InChI is InChI=1S/C40H68O7P2/c1-33(2)17-10-18-34(3)19-11-20-35(4)21-12-22-36(5)23-13-24-37(6)25-14-26-38(7)27-15-28-39(8)29-16-30-40(9)31-32-46-49(44,45)47-48(41,42)43/h17,19,21,23,25,27,29,31H,10-16,18,20,22,24,26,28,30,32H2,1-9H3,(H,44,45)(H2,41,42,43)/b34-19+,35-21-,36-23-,37-25-,38-27-,39-29-,40-31-. The maximum absolute atomic E-state index is 11.5. The molecule has 0 fully saturated rings. The first-order chi connectivity index (χ1) is 22.9. The number of phosphoric acid groups is 2. The Balaban J connectivity index is 4.28. The summed E-state index contributed by atoms with van der Waals surface area (Å²) in [6, 6.07) is 0. The van der Waals surface area contributed by atoms with Crippen molar-refractivity contribution in [1.82, 2.24) is 0 Å². The Kier molecular flexibility index (Phi) is 25.9. The van der Waals surface area contributed by atoms with Crippen molar-refractivity contribution in [2.24, 2.45) is 0 Å². The van der Waals surface area contributed by atoms with Crippen molar-refractivity contribution in [3.05, 3.63) is 93.2 Å². The maximum atomic E-state index is 11.5. The summed E-state index contributed by atoms with van der Waals surface area (Å²) in [5.74, 6) is 0. The lowest BCUT2D eigenvalue weighted by Gasteiger charge is -2.11. The van der Waals surface area contributed by atoms with E-state index in [2.05, 4.69) is 107 Å². The lowest BCUT2D eigenvalue weighted by molar-refractivity contribution is 0.191. The van der Waals surface area contributed by atoms with Crippen molar-refractivity contribution in [3.8, 4) is 0 Å². The van der Waals surface area contributed by atoms with Crippen molar-refractivity contribution in [2.45, 2.75) is 152 Å². The third kappa shape index (κ3) is 31.9. The molecule has 49 heavy (non-hydrogen) atoms. The predicted molar refractivity (Wildman–Crippen MR) is 209 cm³/mol. The largest absolute Gasteiger partial charge is 0.481 e. The number of rotatable bonds is 26. The molecule has 0 aliphatic heterocycles. The van der Waals surface area contributed by atoms with Crippen LogP contribution in [0.3, 0.4) is 0 Å². The fraction of sp³-hybridized carbons (Fsp3) is 0.600. The molecule has 0 amide bonds. The SMILES string of the molecule is CC(C)=CCC/C(C)=C/CC/C(C)=C\CC/C(C)=C\CC/C(C)=C\CC/C(C)=C\CC/C(C)=C\CC/C(C)=C\COP(=O)(O)OP(=O)(O)O. The van der Waals surface area contributed by atoms with Gasteiger partial charge in [0, 0.05) is 0 Å². The zero-order valence-electron chi connectivity index (χ0n) is 32.1. The molecule has 0 aliphatic rings. The van der Waals surface area contributed by atoms with E-state index in [1.54, 1.807) is 6.08 Å². The van der Waals surface area contributed by atoms with Crippen molar-refractivity contribution in [3.63, 3.8) is 0 Å². The summed E-state index contributed by atoms with van der Waals surface area (Å²) >= 11 is 0. The van der Waals surface area contributed by atoms with E-state index in [9.17, 15) is 14.0 Å². The topological polar surface area (TPSA) is 113 Å². The molecular formula is C40H68O7P2. The van der Waals surface area contributed by atoms with Crippen LogP contribution in [0, 0.1) is 0 Å². The second kappa shape index (κ2) is 26.9. The van der Waals surface area contributed by atoms with Gasteiger partial charge in [-0.3, -0.25) is 4.52 Å². The molecule has 0 heterocycles. The minimum Gasteiger partial charge on any atom is -0.302 e. The van der Waals surface area contributed by atoms with Crippen LogP contribution in [0.4, 0.5) is 0 Å². The molecule has 1 unspecified atom stereocenters. The summed E-state index contributed by atoms with van der Waals surface area (Å²) in [5, 5.41) is 0. The Bertz CT molecular complexity index is 1320. The van der Waals surface area contributed by atoms with Crippen molar-refractivity contribution in [2.75, 3.05) is 6.61 Å². The molecule has 0 aliphatic carbocycles. The average Bonchev–Trinajstić information content (AvgIpc) is 2.95. The highest BCUT2D eigenvalue weighted by Crippen LogP contribution is 2.57. The lowest BCUT2D eigenvalue weighted by atomic mass is 10.0. The van der Waals surface area contributed by atoms with Crippen LogP contribution in [-0.4, -0.2) is 21.3 Å². The predicted octanol–water partition coefficient (Wildman–Crippen LogP) is 13.3. The van der Waals surface area contributed by atoms with Crippen LogP contribution in [0.25, 0.3) is 0 Å². The Morgan fingerprint density at radius 1 is 0.429 bits per heavy atom. The van der Waals surface area contributed by atoms with Crippen LogP contribution in [0.1, 0.15) is 152 Å². The second-order valence-electron chi connectivity index (χ2n) is 13.7. The van der Waals surface area contributed by atoms with Gasteiger partial charge >= 0.3 is 15.6 Å². The maximum Gasteiger partial charge on any atom is 0.481 e. The smallest absolute Gasteiger partial charge is 0.302 e. The quantitative estimate of drug-likeness (QED) is 0.0601. The van der Waals surface area contributed by atoms with Crippen LogP contribution in [0.5, 0.6) is 0 Å². The lowest BCUT2D eigenvalue weighted by Crippen LogP contribution is -1.94. The van der Waals surface area contributed by atoms with Gasteiger partial charge < -0.3 is 14.7 Å². The van der Waals surface area contributed by atoms with Gasteiger partial charge in [0.1, 0.15) is 0 Å². The van der Waals surface area contributed by atoms with Crippen molar-refractivity contribution >= 4 is 15.6 Å². The van der Waals surface area contributed by atoms with E-state index in [-0.39, 0.29) is 6.61 Å². The Hall–Kier alpha value is -1.82. The summed E-state index contributed by atoms with van der Waals surface area (Å²) in [6.45, 7) is 19.3. The van der Waals surface area contributed by atoms with Gasteiger partial charge in [0.05, 0.1) is 6.61 Å². The molecule has 0 saturated carbocycles. The third-order valence-electron chi connectivity index (χ3n) is 8.16. The minimum absolute atomic E-state index is 0.272. The van der Waals surface area contributed by atoms with Crippen LogP contribution in [0.15, 0.2) is 93.2 Å². The molecule has 0 rings (SSSR count). The third-order valence-corrected chi connectivity index (χ3v) is 10.3. The van der Waals surface area contributed by atoms with E-state index in [0.717, 1.165) is 89.0 Å². The Morgan fingerprint density at radius 3 is 0.918 bits per heavy atom. The van der Waals surface area contributed by atoms with E-state index < -0.39 is 15.6 Å². The molecule has 7 nitrogen and oxygen atoms in total. The monoisotopic (exact) mass is 722 g/mol. The van der Waals surface area contributed by atoms with Gasteiger partial charge in [0.2, 0.25) is 0 Å². The van der Waals surface area contributed by atoms with Crippen LogP contribution < -0.4 is 0 Å². The minimum atomic E-state index is -5.10. The molecule has 9 heteroatoms. The summed E-state index contributed by atoms with van der Waals surface area (Å²) in [4.78, 5) is 26.6. The normalized spacial score (nSPS) is 15.9. The van der Waals surface area contributed by atoms with Crippen molar-refractivity contribution < 1.29 is 32.6 Å². The molecular weight excluding hydrogens is 654 g/mol. The zero-order chi connectivity index (χ0) is 37.3. The molecule has 0 saturated heterocycles. The molecule has 0 aromatic rings. The van der Waals surface area contributed by atoms with Crippen LogP contribution in [-0.2, 0) is 18.0 Å². The number of phosphoric ester groups is 1. The number of hydrogen-bond donors (Lipinski definition) is 3. The van der Waals surface area contributed by atoms with Crippen LogP contribution >= 0.6 is 15.6 Å². The first kappa shape index (κ1) is 47.2. The molecule has 3 N–H and O–H groups in total. The molecule has 0 spiro atoms. The van der Waals surface area contributed by atoms with Gasteiger partial charge in [-0.15, -0.1) is 0 Å². The van der Waals surface area contributed by atoms with E-state index in [4.69, 9.17) is 9.79 Å². The highest BCUT2D eigenvalue weighted by atomic mass is 31.3. The molecule has 0 radical (unpaired) electrons. The fourth-order valence-electron chi connectivity index (χ4n) is 5.01. The van der Waals surface area contributed by atoms with Gasteiger partial charge in [-0.25, -0.2) is 9.13 Å². The first-order valence-corrected chi connectivity index (χ1v) is 20.9. The van der Waals surface area contributed by atoms with E-state index in [1.165, 1.54) is 45.4 Å². The molecule has 0 aromatic heterocycles. The number of allylic oxidation sites excluding steroid dienone is 15. The van der Waals surface area contributed by atoms with Gasteiger partial charge in [-0.05, 0) is 152 Å². The zero-order valence-corrected chi connectivity index (χ0v) is 33.9. The van der Waals surface area contributed by atoms with Crippen molar-refractivity contribution in [1.29, 1.82) is 0 Å².